The lowest BCUT2D eigenvalue weighted by Gasteiger charge is -2.54. The number of benzene rings is 1. The number of likely N-dealkylation sites (tertiary alicyclic amines) is 1. The molecule has 5 fully saturated rings. The van der Waals surface area contributed by atoms with Crippen molar-refractivity contribution >= 4 is 21.9 Å². The molecule has 6 heterocycles. The number of ether oxygens (including phenoxy) is 3. The highest BCUT2D eigenvalue weighted by Gasteiger charge is 2.46. The van der Waals surface area contributed by atoms with Crippen LogP contribution in [0.25, 0.3) is 0 Å². The van der Waals surface area contributed by atoms with Crippen LogP contribution in [0.1, 0.15) is 76.1 Å². The normalized spacial score (nSPS) is 27.2. The second kappa shape index (κ2) is 15.2. The lowest BCUT2D eigenvalue weighted by atomic mass is 9.72. The van der Waals surface area contributed by atoms with Gasteiger partial charge in [-0.05, 0) is 97.0 Å². The highest BCUT2D eigenvalue weighted by Crippen LogP contribution is 2.45. The molecule has 0 saturated carbocycles. The van der Waals surface area contributed by atoms with Crippen molar-refractivity contribution in [2.75, 3.05) is 64.0 Å². The van der Waals surface area contributed by atoms with Crippen LogP contribution in [0.2, 0.25) is 0 Å². The fourth-order valence-corrected chi connectivity index (χ4v) is 10.2. The Balaban J connectivity index is 0.916. The Hall–Kier alpha value is -2.95. The average Bonchev–Trinajstić information content (AvgIpc) is 3.79. The number of anilines is 1. The number of carbonyl (C=O) groups is 1. The number of nitrogens with zero attached hydrogens (tertiary/aromatic N) is 6. The summed E-state index contributed by atoms with van der Waals surface area (Å²) < 4.78 is 62.8. The maximum atomic E-state index is 14.5. The summed E-state index contributed by atoms with van der Waals surface area (Å²) in [7, 11) is -3.48. The first kappa shape index (κ1) is 36.4. The van der Waals surface area contributed by atoms with Crippen LogP contribution >= 0.6 is 0 Å². The van der Waals surface area contributed by atoms with Crippen LogP contribution in [-0.2, 0) is 19.7 Å². The fraction of sp³-hybridized carbons (Fsp3) is 0.694. The molecule has 4 atom stereocenters. The second-order valence-corrected chi connectivity index (χ2v) is 17.0. The predicted molar refractivity (Wildman–Crippen MR) is 190 cm³/mol. The highest BCUT2D eigenvalue weighted by molar-refractivity contribution is 7.87. The van der Waals surface area contributed by atoms with Gasteiger partial charge in [0.2, 0.25) is 0 Å². The van der Waals surface area contributed by atoms with E-state index in [2.05, 4.69) is 24.5 Å². The Morgan fingerprint density at radius 1 is 1.12 bits per heavy atom. The third kappa shape index (κ3) is 8.03. The van der Waals surface area contributed by atoms with E-state index in [0.717, 1.165) is 77.7 Å². The van der Waals surface area contributed by atoms with Crippen LogP contribution in [0.4, 0.5) is 10.2 Å². The molecule has 15 heteroatoms. The van der Waals surface area contributed by atoms with Crippen molar-refractivity contribution < 1.29 is 31.8 Å². The minimum Gasteiger partial charge on any atom is -0.451 e. The number of halogens is 1. The quantitative estimate of drug-likeness (QED) is 0.365. The first-order valence-electron chi connectivity index (χ1n) is 18.6. The van der Waals surface area contributed by atoms with Crippen LogP contribution in [0, 0.1) is 11.2 Å². The smallest absolute Gasteiger partial charge is 0.280 e. The van der Waals surface area contributed by atoms with Crippen LogP contribution in [0.5, 0.6) is 11.5 Å². The van der Waals surface area contributed by atoms with E-state index in [4.69, 9.17) is 14.2 Å². The maximum absolute atomic E-state index is 14.5. The molecule has 1 amide bonds. The van der Waals surface area contributed by atoms with E-state index in [9.17, 15) is 17.6 Å². The van der Waals surface area contributed by atoms with Crippen molar-refractivity contribution in [3.05, 3.63) is 42.1 Å². The molecule has 1 aromatic carbocycles. The Morgan fingerprint density at radius 2 is 1.92 bits per heavy atom. The Morgan fingerprint density at radius 3 is 2.59 bits per heavy atom. The van der Waals surface area contributed by atoms with Gasteiger partial charge in [0, 0.05) is 56.3 Å². The van der Waals surface area contributed by atoms with Gasteiger partial charge >= 0.3 is 0 Å². The number of carbonyl (C=O) groups excluding carboxylic acids is 1. The number of piperidine rings is 1. The molecule has 5 saturated heterocycles. The fourth-order valence-electron chi connectivity index (χ4n) is 8.51. The summed E-state index contributed by atoms with van der Waals surface area (Å²) in [5.74, 6) is 0.548. The number of hydrogen-bond acceptors (Lipinski definition) is 10. The Kier molecular flexibility index (Phi) is 10.8. The van der Waals surface area contributed by atoms with E-state index < -0.39 is 16.0 Å². The first-order chi connectivity index (χ1) is 24.5. The molecule has 0 radical (unpaired) electrons. The third-order valence-corrected chi connectivity index (χ3v) is 13.1. The van der Waals surface area contributed by atoms with Crippen LogP contribution in [0.3, 0.4) is 0 Å². The predicted octanol–water partition coefficient (Wildman–Crippen LogP) is 3.82. The van der Waals surface area contributed by atoms with Crippen LogP contribution in [0.15, 0.2) is 30.7 Å². The van der Waals surface area contributed by atoms with E-state index in [1.165, 1.54) is 24.5 Å². The summed E-state index contributed by atoms with van der Waals surface area (Å²) in [4.78, 5) is 29.1. The van der Waals surface area contributed by atoms with E-state index in [-0.39, 0.29) is 52.9 Å². The van der Waals surface area contributed by atoms with Gasteiger partial charge < -0.3 is 28.9 Å². The van der Waals surface area contributed by atoms with E-state index in [1.54, 1.807) is 15.4 Å². The van der Waals surface area contributed by atoms with Gasteiger partial charge in [-0.25, -0.2) is 14.4 Å². The Bertz CT molecular complexity index is 1640. The lowest BCUT2D eigenvalue weighted by Crippen LogP contribution is -2.61. The summed E-state index contributed by atoms with van der Waals surface area (Å²) in [5.41, 5.74) is 0.341. The molecule has 5 aliphatic heterocycles. The van der Waals surface area contributed by atoms with Crippen molar-refractivity contribution in [3.63, 3.8) is 0 Å². The van der Waals surface area contributed by atoms with Gasteiger partial charge in [0.25, 0.3) is 16.1 Å². The summed E-state index contributed by atoms with van der Waals surface area (Å²) in [6.07, 6.45) is 9.48. The molecule has 0 aliphatic carbocycles. The maximum Gasteiger partial charge on any atom is 0.280 e. The Labute approximate surface area is 301 Å². The number of hydrogen-bond donors (Lipinski definition) is 1. The molecule has 1 N–H and O–H groups in total. The SMILES string of the molecule is CC(C)N(C(=O)c1cc(F)ccc1Oc1cncnc1N1CC2(CCN(C[C@@H]3CC[C@@H](NS(=O)(=O)N4CCC[C@H]4C)CO3)CC2)C1)C1CCOC1. The number of amides is 1. The molecular weight excluding hydrogens is 678 g/mol. The van der Waals surface area contributed by atoms with Gasteiger partial charge in [0.1, 0.15) is 17.9 Å². The van der Waals surface area contributed by atoms with E-state index in [0.29, 0.717) is 37.9 Å². The summed E-state index contributed by atoms with van der Waals surface area (Å²) in [6.45, 7) is 12.4. The summed E-state index contributed by atoms with van der Waals surface area (Å²) >= 11 is 0. The minimum atomic E-state index is -3.48. The molecule has 280 valence electrons. The van der Waals surface area contributed by atoms with Gasteiger partial charge in [-0.1, -0.05) is 0 Å². The zero-order chi connectivity index (χ0) is 35.8. The standard InChI is InChI=1S/C36H52FN7O6S/c1-25(2)44(29-10-16-48-21-29)35(45)31-17-27(37)6-9-32(31)50-33-18-38-24-39-34(33)42-22-36(23-42)11-14-41(15-12-36)19-30-8-7-28(20-49-30)40-51(46,47)43-13-4-5-26(43)3/h6,9,17-18,24-26,28-30,40H,4-5,7-8,10-16,19-23H2,1-3H3/t26-,28-,29?,30+/m1/s1. The number of nitrogens with one attached hydrogen (secondary N) is 1. The van der Waals surface area contributed by atoms with Crippen molar-refractivity contribution in [3.8, 4) is 11.5 Å². The van der Waals surface area contributed by atoms with Crippen LogP contribution in [-0.4, -0.2) is 128 Å². The monoisotopic (exact) mass is 729 g/mol. The highest BCUT2D eigenvalue weighted by atomic mass is 32.2. The molecule has 1 unspecified atom stereocenters. The first-order valence-corrected chi connectivity index (χ1v) is 20.0. The topological polar surface area (TPSA) is 130 Å². The zero-order valence-corrected chi connectivity index (χ0v) is 30.8. The molecule has 13 nitrogen and oxygen atoms in total. The van der Waals surface area contributed by atoms with Crippen molar-refractivity contribution in [2.24, 2.45) is 5.41 Å². The largest absolute Gasteiger partial charge is 0.451 e. The number of aromatic nitrogens is 2. The molecule has 1 aromatic heterocycles. The second-order valence-electron chi connectivity index (χ2n) is 15.4. The van der Waals surface area contributed by atoms with Gasteiger partial charge in [0.05, 0.1) is 37.1 Å². The third-order valence-electron chi connectivity index (χ3n) is 11.4. The van der Waals surface area contributed by atoms with Gasteiger partial charge in [0.15, 0.2) is 11.6 Å². The van der Waals surface area contributed by atoms with E-state index in [1.807, 2.05) is 20.8 Å². The molecule has 0 bridgehead atoms. The lowest BCUT2D eigenvalue weighted by molar-refractivity contribution is -0.0301. The zero-order valence-electron chi connectivity index (χ0n) is 30.0. The molecule has 1 spiro atoms. The van der Waals surface area contributed by atoms with E-state index >= 15 is 0 Å². The molecular formula is C36H52FN7O6S. The van der Waals surface area contributed by atoms with Gasteiger partial charge in [-0.15, -0.1) is 0 Å². The average molecular weight is 730 g/mol. The van der Waals surface area contributed by atoms with Crippen molar-refractivity contribution in [1.29, 1.82) is 0 Å². The molecule has 51 heavy (non-hydrogen) atoms. The molecule has 5 aliphatic rings. The van der Waals surface area contributed by atoms with Crippen LogP contribution < -0.4 is 14.4 Å². The van der Waals surface area contributed by atoms with Gasteiger partial charge in [-0.3, -0.25) is 4.79 Å². The number of rotatable bonds is 11. The summed E-state index contributed by atoms with van der Waals surface area (Å²) in [6, 6.07) is 3.73. The van der Waals surface area contributed by atoms with Crippen molar-refractivity contribution in [2.45, 2.75) is 96.0 Å². The minimum absolute atomic E-state index is 0.0477. The summed E-state index contributed by atoms with van der Waals surface area (Å²) in [5, 5.41) is 0. The van der Waals surface area contributed by atoms with Crippen molar-refractivity contribution in [1.82, 2.24) is 28.8 Å². The van der Waals surface area contributed by atoms with Gasteiger partial charge in [-0.2, -0.15) is 17.4 Å². The molecule has 2 aromatic rings. The molecule has 7 rings (SSSR count).